The van der Waals surface area contributed by atoms with Crippen LogP contribution in [0.2, 0.25) is 0 Å². The second-order valence-electron chi connectivity index (χ2n) is 11.4. The van der Waals surface area contributed by atoms with Gasteiger partial charge in [0.05, 0.1) is 13.7 Å². The van der Waals surface area contributed by atoms with Gasteiger partial charge in [-0.05, 0) is 49.3 Å². The molecule has 0 radical (unpaired) electrons. The maximum absolute atomic E-state index is 12.7. The van der Waals surface area contributed by atoms with Gasteiger partial charge in [-0.3, -0.25) is 19.2 Å². The van der Waals surface area contributed by atoms with Crippen LogP contribution in [0.1, 0.15) is 65.9 Å². The molecule has 4 N–H and O–H groups in total. The van der Waals surface area contributed by atoms with Crippen molar-refractivity contribution in [1.29, 1.82) is 0 Å². The molecule has 5 amide bonds. The molecule has 0 heterocycles. The molecular formula is C32H49N5O8. The Morgan fingerprint density at radius 2 is 1.51 bits per heavy atom. The number of amides is 5. The molecule has 0 aliphatic heterocycles. The molecule has 0 spiro atoms. The summed E-state index contributed by atoms with van der Waals surface area (Å²) in [6.07, 6.45) is 3.79. The van der Waals surface area contributed by atoms with Gasteiger partial charge in [-0.25, -0.2) is 9.59 Å². The van der Waals surface area contributed by atoms with Gasteiger partial charge in [-0.15, -0.1) is 0 Å². The first kappa shape index (κ1) is 38.6. The largest absolute Gasteiger partial charge is 0.466 e. The van der Waals surface area contributed by atoms with Crippen LogP contribution in [0.5, 0.6) is 0 Å². The molecule has 13 nitrogen and oxygen atoms in total. The number of benzene rings is 1. The van der Waals surface area contributed by atoms with Crippen molar-refractivity contribution < 1.29 is 38.2 Å². The lowest BCUT2D eigenvalue weighted by Crippen LogP contribution is -2.51. The van der Waals surface area contributed by atoms with Crippen LogP contribution >= 0.6 is 0 Å². The van der Waals surface area contributed by atoms with Gasteiger partial charge in [-0.1, -0.05) is 46.2 Å². The van der Waals surface area contributed by atoms with Crippen LogP contribution in [0.25, 0.3) is 0 Å². The average Bonchev–Trinajstić information content (AvgIpc) is 3.01. The van der Waals surface area contributed by atoms with E-state index in [1.54, 1.807) is 50.1 Å². The van der Waals surface area contributed by atoms with Crippen molar-refractivity contribution in [1.82, 2.24) is 20.9 Å². The molecule has 1 aromatic rings. The van der Waals surface area contributed by atoms with Gasteiger partial charge in [-0.2, -0.15) is 0 Å². The van der Waals surface area contributed by atoms with Crippen LogP contribution in [-0.4, -0.2) is 79.9 Å². The number of anilines is 1. The zero-order valence-corrected chi connectivity index (χ0v) is 27.4. The third kappa shape index (κ3) is 15.7. The number of nitrogens with one attached hydrogen (secondary N) is 4. The van der Waals surface area contributed by atoms with Crippen LogP contribution in [0, 0.1) is 11.8 Å². The molecule has 0 bridgehead atoms. The second kappa shape index (κ2) is 20.5. The van der Waals surface area contributed by atoms with E-state index in [9.17, 15) is 28.8 Å². The van der Waals surface area contributed by atoms with Gasteiger partial charge >= 0.3 is 12.1 Å². The zero-order valence-electron chi connectivity index (χ0n) is 27.4. The average molecular weight is 632 g/mol. The van der Waals surface area contributed by atoms with Crippen LogP contribution in [0.3, 0.4) is 0 Å². The number of methoxy groups -OCH3 is 1. The van der Waals surface area contributed by atoms with Gasteiger partial charge in [0.25, 0.3) is 0 Å². The van der Waals surface area contributed by atoms with E-state index in [0.717, 1.165) is 17.7 Å². The Bertz CT molecular complexity index is 1170. The van der Waals surface area contributed by atoms with E-state index >= 15 is 0 Å². The normalized spacial score (nSPS) is 12.3. The van der Waals surface area contributed by atoms with Gasteiger partial charge in [0.15, 0.2) is 0 Å². The van der Waals surface area contributed by atoms with E-state index < -0.39 is 35.8 Å². The molecule has 0 aliphatic rings. The maximum Gasteiger partial charge on any atom is 0.410 e. The van der Waals surface area contributed by atoms with Crippen LogP contribution < -0.4 is 21.3 Å². The predicted octanol–water partition coefficient (Wildman–Crippen LogP) is 2.90. The Kier molecular flexibility index (Phi) is 17.6. The quantitative estimate of drug-likeness (QED) is 0.109. The van der Waals surface area contributed by atoms with Crippen molar-refractivity contribution in [2.24, 2.45) is 11.8 Å². The lowest BCUT2D eigenvalue weighted by atomic mass is 10.0. The fraction of sp³-hybridized carbons (Fsp3) is 0.562. The van der Waals surface area contributed by atoms with Crippen molar-refractivity contribution >= 4 is 41.4 Å². The van der Waals surface area contributed by atoms with E-state index in [1.165, 1.54) is 7.11 Å². The summed E-state index contributed by atoms with van der Waals surface area (Å²) in [5, 5.41) is 10.6. The molecule has 0 aromatic heterocycles. The van der Waals surface area contributed by atoms with Crippen LogP contribution in [0.4, 0.5) is 10.5 Å². The second-order valence-corrected chi connectivity index (χ2v) is 11.4. The third-order valence-electron chi connectivity index (χ3n) is 7.10. The summed E-state index contributed by atoms with van der Waals surface area (Å²) in [5.41, 5.74) is 1.27. The summed E-state index contributed by atoms with van der Waals surface area (Å²) < 4.78 is 9.79. The van der Waals surface area contributed by atoms with Crippen molar-refractivity contribution in [3.8, 4) is 0 Å². The number of esters is 1. The Hall–Kier alpha value is -4.42. The number of hydrogen-bond acceptors (Lipinski definition) is 8. The minimum atomic E-state index is -0.809. The van der Waals surface area contributed by atoms with Crippen molar-refractivity contribution in [2.75, 3.05) is 32.6 Å². The molecule has 0 fully saturated rings. The molecule has 45 heavy (non-hydrogen) atoms. The summed E-state index contributed by atoms with van der Waals surface area (Å²) in [4.78, 5) is 74.0. The predicted molar refractivity (Wildman–Crippen MR) is 170 cm³/mol. The first-order chi connectivity index (χ1) is 21.2. The lowest BCUT2D eigenvalue weighted by molar-refractivity contribution is -0.135. The molecule has 13 heteroatoms. The van der Waals surface area contributed by atoms with Crippen molar-refractivity contribution in [2.45, 2.75) is 79.0 Å². The van der Waals surface area contributed by atoms with Gasteiger partial charge < -0.3 is 35.6 Å². The molecule has 0 saturated carbocycles. The highest BCUT2D eigenvalue weighted by molar-refractivity contribution is 5.96. The first-order valence-corrected chi connectivity index (χ1v) is 15.1. The molecule has 1 rings (SSSR count). The Labute approximate surface area is 265 Å². The molecule has 0 saturated heterocycles. The maximum atomic E-state index is 12.7. The smallest absolute Gasteiger partial charge is 0.410 e. The Morgan fingerprint density at radius 3 is 2.11 bits per heavy atom. The fourth-order valence-electron chi connectivity index (χ4n) is 3.88. The summed E-state index contributed by atoms with van der Waals surface area (Å²) >= 11 is 0. The number of ether oxygens (including phenoxy) is 2. The highest BCUT2D eigenvalue weighted by Crippen LogP contribution is 2.13. The molecule has 2 unspecified atom stereocenters. The molecule has 1 aromatic carbocycles. The van der Waals surface area contributed by atoms with Gasteiger partial charge in [0, 0.05) is 43.9 Å². The van der Waals surface area contributed by atoms with Gasteiger partial charge in [0.2, 0.25) is 23.6 Å². The van der Waals surface area contributed by atoms with Crippen molar-refractivity contribution in [3.05, 3.63) is 42.0 Å². The number of carbonyl (C=O) groups is 6. The first-order valence-electron chi connectivity index (χ1n) is 15.1. The van der Waals surface area contributed by atoms with E-state index in [1.807, 2.05) is 20.8 Å². The minimum Gasteiger partial charge on any atom is -0.466 e. The van der Waals surface area contributed by atoms with Crippen LogP contribution in [0.15, 0.2) is 36.4 Å². The van der Waals surface area contributed by atoms with E-state index in [2.05, 4.69) is 26.0 Å². The van der Waals surface area contributed by atoms with Crippen LogP contribution in [-0.2, 0) is 40.1 Å². The lowest BCUT2D eigenvalue weighted by Gasteiger charge is -2.27. The SMILES string of the molecule is COC(=O)/C=C\C(=O)NCCCCCC(=O)NC(C(=O)NCC(=O)Nc1ccc(COC(=O)N(C)C(C)C(C)C)cc1)C(C)C. The molecule has 250 valence electrons. The standard InChI is InChI=1S/C32H49N5O8/c1-21(2)23(5)37(6)32(43)45-20-24-12-14-25(15-13-24)35-28(40)19-34-31(42)30(22(3)4)36-27(39)11-9-8-10-18-33-26(38)16-17-29(41)44-7/h12-17,21-23,30H,8-11,18-20H2,1-7H3,(H,33,38)(H,34,42)(H,35,40)(H,36,39)/b17-16-. The highest BCUT2D eigenvalue weighted by atomic mass is 16.6. The highest BCUT2D eigenvalue weighted by Gasteiger charge is 2.24. The van der Waals surface area contributed by atoms with E-state index in [-0.39, 0.29) is 37.4 Å². The summed E-state index contributed by atoms with van der Waals surface area (Å²) in [7, 11) is 2.92. The number of unbranched alkanes of at least 4 members (excludes halogenated alkanes) is 2. The Balaban J connectivity index is 2.40. The molecular weight excluding hydrogens is 582 g/mol. The van der Waals surface area contributed by atoms with E-state index in [0.29, 0.717) is 37.4 Å². The number of nitrogens with zero attached hydrogens (tertiary/aromatic N) is 1. The number of rotatable bonds is 18. The molecule has 0 aliphatic carbocycles. The van der Waals surface area contributed by atoms with Gasteiger partial charge in [0.1, 0.15) is 12.6 Å². The number of hydrogen-bond donors (Lipinski definition) is 4. The zero-order chi connectivity index (χ0) is 33.9. The monoisotopic (exact) mass is 631 g/mol. The fourth-order valence-corrected chi connectivity index (χ4v) is 3.88. The Morgan fingerprint density at radius 1 is 0.844 bits per heavy atom. The number of carbonyl (C=O) groups excluding carboxylic acids is 6. The minimum absolute atomic E-state index is 0.0393. The third-order valence-corrected chi connectivity index (χ3v) is 7.10. The van der Waals surface area contributed by atoms with Crippen molar-refractivity contribution in [3.63, 3.8) is 0 Å². The topological polar surface area (TPSA) is 172 Å². The summed E-state index contributed by atoms with van der Waals surface area (Å²) in [5.74, 6) is -2.13. The summed E-state index contributed by atoms with van der Waals surface area (Å²) in [6.45, 7) is 9.81. The van der Waals surface area contributed by atoms with E-state index in [4.69, 9.17) is 4.74 Å². The summed E-state index contributed by atoms with van der Waals surface area (Å²) in [6, 6.07) is 6.05. The molecule has 2 atom stereocenters.